The fourth-order valence-electron chi connectivity index (χ4n) is 4.18. The van der Waals surface area contributed by atoms with Crippen molar-refractivity contribution in [2.24, 2.45) is 5.41 Å². The van der Waals surface area contributed by atoms with E-state index in [1.165, 1.54) is 76.2 Å². The van der Waals surface area contributed by atoms with Crippen LogP contribution in [-0.2, 0) is 4.43 Å². The minimum Gasteiger partial charge on any atom is -0.417 e. The van der Waals surface area contributed by atoms with E-state index in [1.807, 2.05) is 0 Å². The molecule has 0 aliphatic heterocycles. The van der Waals surface area contributed by atoms with Crippen LogP contribution in [0.1, 0.15) is 72.6 Å². The van der Waals surface area contributed by atoms with Crippen molar-refractivity contribution >= 4 is 8.32 Å². The van der Waals surface area contributed by atoms with Gasteiger partial charge < -0.3 is 14.2 Å². The van der Waals surface area contributed by atoms with Gasteiger partial charge in [-0.1, -0.05) is 52.9 Å². The number of hydrogen-bond acceptors (Lipinski definition) is 3. The highest BCUT2D eigenvalue weighted by Gasteiger charge is 2.41. The summed E-state index contributed by atoms with van der Waals surface area (Å²) in [5, 5.41) is 0. The Morgan fingerprint density at radius 3 is 1.77 bits per heavy atom. The monoisotopic (exact) mass is 386 g/mol. The van der Waals surface area contributed by atoms with Gasteiger partial charge in [-0.15, -0.1) is 0 Å². The van der Waals surface area contributed by atoms with Gasteiger partial charge in [-0.2, -0.15) is 0 Å². The van der Waals surface area contributed by atoms with Crippen LogP contribution < -0.4 is 0 Å². The molecule has 0 amide bonds. The zero-order valence-electron chi connectivity index (χ0n) is 19.5. The van der Waals surface area contributed by atoms with Crippen molar-refractivity contribution in [2.45, 2.75) is 90.8 Å². The van der Waals surface area contributed by atoms with Crippen LogP contribution >= 0.6 is 0 Å². The summed E-state index contributed by atoms with van der Waals surface area (Å²) in [7, 11) is 7.19. The maximum absolute atomic E-state index is 6.64. The Hall–Kier alpha value is 0.0969. The quantitative estimate of drug-likeness (QED) is 0.230. The molecule has 0 radical (unpaired) electrons. The van der Waals surface area contributed by atoms with E-state index >= 15 is 0 Å². The van der Waals surface area contributed by atoms with Gasteiger partial charge in [0, 0.05) is 6.61 Å². The molecule has 0 aromatic carbocycles. The van der Waals surface area contributed by atoms with Crippen molar-refractivity contribution in [1.29, 1.82) is 0 Å². The van der Waals surface area contributed by atoms with Crippen molar-refractivity contribution < 1.29 is 4.43 Å². The van der Waals surface area contributed by atoms with Gasteiger partial charge in [-0.25, -0.2) is 0 Å². The number of nitrogens with zero attached hydrogens (tertiary/aromatic N) is 2. The van der Waals surface area contributed by atoms with E-state index in [0.717, 1.165) is 6.61 Å². The van der Waals surface area contributed by atoms with Crippen LogP contribution in [0.2, 0.25) is 18.1 Å². The van der Waals surface area contributed by atoms with Gasteiger partial charge in [-0.05, 0) is 84.6 Å². The van der Waals surface area contributed by atoms with Gasteiger partial charge in [-0.3, -0.25) is 0 Å². The highest BCUT2D eigenvalue weighted by molar-refractivity contribution is 6.73. The third-order valence-corrected chi connectivity index (χ3v) is 11.1. The molecule has 1 unspecified atom stereocenters. The molecule has 0 spiro atoms. The summed E-state index contributed by atoms with van der Waals surface area (Å²) in [6.07, 6.45) is 9.34. The Morgan fingerprint density at radius 1 is 0.808 bits per heavy atom. The smallest absolute Gasteiger partial charge is 0.193 e. The number of unbranched alkanes of at least 4 members (excludes halogenated alkanes) is 3. The molecule has 0 aromatic rings. The SMILES string of the molecule is CCCCCC[Si](CC)(CC(CC)(CCN(C)C)CCN(C)C)OCC. The average molecular weight is 387 g/mol. The molecule has 0 rings (SSSR count). The predicted molar refractivity (Wildman–Crippen MR) is 121 cm³/mol. The van der Waals surface area contributed by atoms with E-state index in [2.05, 4.69) is 65.7 Å². The van der Waals surface area contributed by atoms with E-state index in [0.29, 0.717) is 5.41 Å². The molecule has 0 bridgehead atoms. The molecule has 0 heterocycles. The minimum absolute atomic E-state index is 0.441. The van der Waals surface area contributed by atoms with E-state index < -0.39 is 8.32 Å². The Kier molecular flexibility index (Phi) is 14.2. The first-order valence-corrected chi connectivity index (χ1v) is 13.7. The van der Waals surface area contributed by atoms with E-state index in [1.54, 1.807) is 0 Å². The topological polar surface area (TPSA) is 15.7 Å². The fraction of sp³-hybridized carbons (Fsp3) is 1.00. The Morgan fingerprint density at radius 2 is 1.38 bits per heavy atom. The molecule has 0 saturated carbocycles. The van der Waals surface area contributed by atoms with Crippen LogP contribution in [0, 0.1) is 5.41 Å². The van der Waals surface area contributed by atoms with E-state index in [-0.39, 0.29) is 0 Å². The third-order valence-electron chi connectivity index (χ3n) is 6.21. The molecule has 0 fully saturated rings. The molecule has 158 valence electrons. The highest BCUT2D eigenvalue weighted by atomic mass is 28.4. The molecular weight excluding hydrogens is 336 g/mol. The van der Waals surface area contributed by atoms with Crippen molar-refractivity contribution in [2.75, 3.05) is 47.9 Å². The van der Waals surface area contributed by atoms with Crippen LogP contribution in [0.15, 0.2) is 0 Å². The molecule has 26 heavy (non-hydrogen) atoms. The first-order valence-electron chi connectivity index (χ1n) is 11.2. The standard InChI is InChI=1S/C22H50N2OSi/c1-9-13-14-15-20-26(12-4,25-11-3)21-22(10-2,16-18-23(5)6)17-19-24(7)8/h9-21H2,1-8H3. The van der Waals surface area contributed by atoms with Crippen LogP contribution in [0.5, 0.6) is 0 Å². The lowest BCUT2D eigenvalue weighted by molar-refractivity contribution is 0.185. The van der Waals surface area contributed by atoms with Crippen molar-refractivity contribution in [3.05, 3.63) is 0 Å². The zero-order chi connectivity index (χ0) is 20.1. The summed E-state index contributed by atoms with van der Waals surface area (Å²) in [6, 6.07) is 4.00. The van der Waals surface area contributed by atoms with Crippen LogP contribution in [-0.4, -0.2) is 66.0 Å². The van der Waals surface area contributed by atoms with Crippen LogP contribution in [0.25, 0.3) is 0 Å². The molecule has 0 aliphatic rings. The maximum Gasteiger partial charge on any atom is 0.193 e. The lowest BCUT2D eigenvalue weighted by Gasteiger charge is -2.43. The second kappa shape index (κ2) is 14.1. The molecular formula is C22H50N2OSi. The molecule has 0 N–H and O–H groups in total. The predicted octanol–water partition coefficient (Wildman–Crippen LogP) is 5.87. The second-order valence-corrected chi connectivity index (χ2v) is 13.1. The van der Waals surface area contributed by atoms with E-state index in [4.69, 9.17) is 4.43 Å². The second-order valence-electron chi connectivity index (χ2n) is 8.92. The van der Waals surface area contributed by atoms with Gasteiger partial charge in [0.25, 0.3) is 0 Å². The lowest BCUT2D eigenvalue weighted by atomic mass is 9.80. The average Bonchev–Trinajstić information content (AvgIpc) is 2.61. The van der Waals surface area contributed by atoms with Gasteiger partial charge in [0.2, 0.25) is 0 Å². The van der Waals surface area contributed by atoms with Crippen molar-refractivity contribution in [1.82, 2.24) is 9.80 Å². The molecule has 0 saturated heterocycles. The number of hydrogen-bond donors (Lipinski definition) is 0. The molecule has 3 nitrogen and oxygen atoms in total. The molecule has 4 heteroatoms. The molecule has 0 aliphatic carbocycles. The first-order chi connectivity index (χ1) is 12.3. The Labute approximate surface area is 167 Å². The first kappa shape index (κ1) is 26.1. The highest BCUT2D eigenvalue weighted by Crippen LogP contribution is 2.43. The molecule has 0 aromatic heterocycles. The van der Waals surface area contributed by atoms with E-state index in [9.17, 15) is 0 Å². The fourth-order valence-corrected chi connectivity index (χ4v) is 8.89. The van der Waals surface area contributed by atoms with Crippen LogP contribution in [0.4, 0.5) is 0 Å². The summed E-state index contributed by atoms with van der Waals surface area (Å²) in [4.78, 5) is 4.72. The maximum atomic E-state index is 6.64. The Balaban J connectivity index is 5.33. The van der Waals surface area contributed by atoms with Gasteiger partial charge in [0.15, 0.2) is 8.32 Å². The summed E-state index contributed by atoms with van der Waals surface area (Å²) in [5.41, 5.74) is 0.441. The van der Waals surface area contributed by atoms with Crippen LogP contribution in [0.3, 0.4) is 0 Å². The lowest BCUT2D eigenvalue weighted by Crippen LogP contribution is -2.45. The van der Waals surface area contributed by atoms with Gasteiger partial charge in [0.05, 0.1) is 0 Å². The van der Waals surface area contributed by atoms with Crippen molar-refractivity contribution in [3.63, 3.8) is 0 Å². The third kappa shape index (κ3) is 10.4. The van der Waals surface area contributed by atoms with Gasteiger partial charge >= 0.3 is 0 Å². The largest absolute Gasteiger partial charge is 0.417 e. The summed E-state index contributed by atoms with van der Waals surface area (Å²) < 4.78 is 6.64. The minimum atomic E-state index is -1.66. The summed E-state index contributed by atoms with van der Waals surface area (Å²) in [6.45, 7) is 12.6. The normalized spacial score (nSPS) is 15.0. The summed E-state index contributed by atoms with van der Waals surface area (Å²) in [5.74, 6) is 0. The Bertz CT molecular complexity index is 324. The zero-order valence-corrected chi connectivity index (χ0v) is 20.5. The van der Waals surface area contributed by atoms with Gasteiger partial charge in [0.1, 0.15) is 0 Å². The van der Waals surface area contributed by atoms with Crippen molar-refractivity contribution in [3.8, 4) is 0 Å². The number of rotatable bonds is 17. The summed E-state index contributed by atoms with van der Waals surface area (Å²) >= 11 is 0. The molecule has 1 atom stereocenters.